The molecule has 3 aromatic carbocycles. The molecule has 4 aromatic rings. The molecular weight excluding hydrogens is 488 g/mol. The monoisotopic (exact) mass is 522 g/mol. The van der Waals surface area contributed by atoms with E-state index in [-0.39, 0.29) is 17.9 Å². The van der Waals surface area contributed by atoms with Crippen LogP contribution in [0.2, 0.25) is 0 Å². The van der Waals surface area contributed by atoms with Gasteiger partial charge in [-0.2, -0.15) is 5.10 Å². The lowest BCUT2D eigenvalue weighted by atomic mass is 9.97. The minimum atomic E-state index is -0.243. The highest BCUT2D eigenvalue weighted by atomic mass is 16.2. The van der Waals surface area contributed by atoms with E-state index in [1.807, 2.05) is 73.7 Å². The van der Waals surface area contributed by atoms with Gasteiger partial charge in [0.05, 0.1) is 17.4 Å². The van der Waals surface area contributed by atoms with Crippen molar-refractivity contribution in [1.82, 2.24) is 15.1 Å². The lowest BCUT2D eigenvalue weighted by molar-refractivity contribution is -0.114. The van der Waals surface area contributed by atoms with Crippen molar-refractivity contribution in [3.8, 4) is 5.69 Å². The highest BCUT2D eigenvalue weighted by Crippen LogP contribution is 2.31. The van der Waals surface area contributed by atoms with Crippen molar-refractivity contribution in [1.29, 1.82) is 0 Å². The second-order valence-electron chi connectivity index (χ2n) is 10.1. The standard InChI is InChI=1S/C31H34N6O2/c1-20-15-29(37(36-20)28-8-3-5-23(16-28)18-32)31(39)35-27-7-4-6-25(17-27)30(33-19-22-9-10-22)24-11-13-26(14-12-24)34-21(2)38/h3-8,11-17,22,30,33H,9-10,18-19,32H2,1-2H3,(H,34,38)(H,35,39). The fraction of sp³-hybridized carbons (Fsp3) is 0.258. The van der Waals surface area contributed by atoms with Gasteiger partial charge in [-0.15, -0.1) is 0 Å². The van der Waals surface area contributed by atoms with Crippen molar-refractivity contribution in [3.05, 3.63) is 107 Å². The third-order valence-corrected chi connectivity index (χ3v) is 6.80. The number of nitrogens with one attached hydrogen (secondary N) is 3. The van der Waals surface area contributed by atoms with Gasteiger partial charge in [0.1, 0.15) is 5.69 Å². The van der Waals surface area contributed by atoms with Crippen LogP contribution in [0.1, 0.15) is 58.7 Å². The molecule has 5 N–H and O–H groups in total. The van der Waals surface area contributed by atoms with Crippen LogP contribution in [-0.4, -0.2) is 28.1 Å². The summed E-state index contributed by atoms with van der Waals surface area (Å²) in [5.41, 5.74) is 12.4. The van der Waals surface area contributed by atoms with Gasteiger partial charge in [0, 0.05) is 24.8 Å². The molecule has 1 fully saturated rings. The fourth-order valence-electron chi connectivity index (χ4n) is 4.66. The van der Waals surface area contributed by atoms with E-state index < -0.39 is 0 Å². The number of hydrogen-bond acceptors (Lipinski definition) is 5. The van der Waals surface area contributed by atoms with Crippen LogP contribution in [0.25, 0.3) is 5.69 Å². The summed E-state index contributed by atoms with van der Waals surface area (Å²) in [4.78, 5) is 24.9. The number of rotatable bonds is 10. The molecule has 0 radical (unpaired) electrons. The Kier molecular flexibility index (Phi) is 7.86. The van der Waals surface area contributed by atoms with Crippen LogP contribution in [0, 0.1) is 12.8 Å². The van der Waals surface area contributed by atoms with Crippen molar-refractivity contribution in [2.75, 3.05) is 17.2 Å². The molecule has 1 aliphatic carbocycles. The Morgan fingerprint density at radius 3 is 2.44 bits per heavy atom. The molecule has 5 rings (SSSR count). The van der Waals surface area contributed by atoms with Crippen molar-refractivity contribution < 1.29 is 9.59 Å². The molecule has 0 saturated heterocycles. The van der Waals surface area contributed by atoms with Gasteiger partial charge in [0.15, 0.2) is 0 Å². The van der Waals surface area contributed by atoms with Gasteiger partial charge >= 0.3 is 0 Å². The summed E-state index contributed by atoms with van der Waals surface area (Å²) in [7, 11) is 0. The second-order valence-corrected chi connectivity index (χ2v) is 10.1. The van der Waals surface area contributed by atoms with E-state index in [4.69, 9.17) is 5.73 Å². The summed E-state index contributed by atoms with van der Waals surface area (Å²) in [6.45, 7) is 4.70. The third kappa shape index (κ3) is 6.60. The van der Waals surface area contributed by atoms with E-state index in [0.717, 1.165) is 40.3 Å². The van der Waals surface area contributed by atoms with Crippen LogP contribution < -0.4 is 21.7 Å². The molecule has 1 aliphatic rings. The van der Waals surface area contributed by atoms with E-state index in [0.29, 0.717) is 23.8 Å². The number of aryl methyl sites for hydroxylation is 1. The maximum Gasteiger partial charge on any atom is 0.274 e. The molecule has 8 nitrogen and oxygen atoms in total. The Balaban J connectivity index is 1.39. The van der Waals surface area contributed by atoms with Crippen LogP contribution in [0.3, 0.4) is 0 Å². The van der Waals surface area contributed by atoms with E-state index in [9.17, 15) is 9.59 Å². The lowest BCUT2D eigenvalue weighted by Crippen LogP contribution is -2.25. The average Bonchev–Trinajstić information content (AvgIpc) is 3.68. The molecule has 8 heteroatoms. The Morgan fingerprint density at radius 1 is 0.949 bits per heavy atom. The first-order valence-corrected chi connectivity index (χ1v) is 13.3. The second kappa shape index (κ2) is 11.6. The number of hydrogen-bond donors (Lipinski definition) is 4. The van der Waals surface area contributed by atoms with Gasteiger partial charge in [0.25, 0.3) is 5.91 Å². The molecule has 200 valence electrons. The number of anilines is 2. The van der Waals surface area contributed by atoms with Crippen molar-refractivity contribution in [3.63, 3.8) is 0 Å². The molecule has 2 amide bonds. The topological polar surface area (TPSA) is 114 Å². The number of nitrogens with zero attached hydrogens (tertiary/aromatic N) is 2. The molecule has 39 heavy (non-hydrogen) atoms. The Hall–Kier alpha value is -4.27. The van der Waals surface area contributed by atoms with Gasteiger partial charge in [0.2, 0.25) is 5.91 Å². The number of nitrogens with two attached hydrogens (primary N) is 1. The van der Waals surface area contributed by atoms with Gasteiger partial charge in [-0.05, 0) is 91.4 Å². The SMILES string of the molecule is CC(=O)Nc1ccc(C(NCC2CC2)c2cccc(NC(=O)c3cc(C)nn3-c3cccc(CN)c3)c2)cc1. The maximum atomic E-state index is 13.4. The van der Waals surface area contributed by atoms with Crippen molar-refractivity contribution in [2.45, 2.75) is 39.3 Å². The average molecular weight is 523 g/mol. The van der Waals surface area contributed by atoms with Crippen LogP contribution >= 0.6 is 0 Å². The molecule has 0 spiro atoms. The molecule has 1 heterocycles. The van der Waals surface area contributed by atoms with E-state index in [1.54, 1.807) is 10.7 Å². The van der Waals surface area contributed by atoms with E-state index in [2.05, 4.69) is 27.1 Å². The Bertz CT molecular complexity index is 1470. The Morgan fingerprint density at radius 2 is 1.72 bits per heavy atom. The summed E-state index contributed by atoms with van der Waals surface area (Å²) in [6.07, 6.45) is 2.50. The third-order valence-electron chi connectivity index (χ3n) is 6.80. The Labute approximate surface area is 228 Å². The molecule has 1 unspecified atom stereocenters. The summed E-state index contributed by atoms with van der Waals surface area (Å²) >= 11 is 0. The zero-order valence-electron chi connectivity index (χ0n) is 22.3. The molecule has 1 aromatic heterocycles. The first kappa shape index (κ1) is 26.3. The summed E-state index contributed by atoms with van der Waals surface area (Å²) in [6, 6.07) is 25.2. The van der Waals surface area contributed by atoms with Crippen LogP contribution in [0.5, 0.6) is 0 Å². The van der Waals surface area contributed by atoms with E-state index in [1.165, 1.54) is 19.8 Å². The van der Waals surface area contributed by atoms with Crippen molar-refractivity contribution >= 4 is 23.2 Å². The molecule has 0 bridgehead atoms. The number of carbonyl (C=O) groups excluding carboxylic acids is 2. The van der Waals surface area contributed by atoms with Crippen LogP contribution in [-0.2, 0) is 11.3 Å². The van der Waals surface area contributed by atoms with Crippen LogP contribution in [0.15, 0.2) is 78.9 Å². The quantitative estimate of drug-likeness (QED) is 0.236. The molecule has 1 atom stereocenters. The maximum absolute atomic E-state index is 13.4. The van der Waals surface area contributed by atoms with Gasteiger partial charge in [-0.1, -0.05) is 36.4 Å². The van der Waals surface area contributed by atoms with E-state index >= 15 is 0 Å². The molecular formula is C31H34N6O2. The first-order chi connectivity index (χ1) is 18.9. The summed E-state index contributed by atoms with van der Waals surface area (Å²) in [5.74, 6) is 0.363. The predicted octanol–water partition coefficient (Wildman–Crippen LogP) is 4.94. The van der Waals surface area contributed by atoms with Crippen molar-refractivity contribution in [2.24, 2.45) is 11.7 Å². The van der Waals surface area contributed by atoms with Gasteiger partial charge in [-0.25, -0.2) is 4.68 Å². The predicted molar refractivity (Wildman–Crippen MR) is 154 cm³/mol. The largest absolute Gasteiger partial charge is 0.326 e. The molecule has 0 aliphatic heterocycles. The molecule has 1 saturated carbocycles. The van der Waals surface area contributed by atoms with Gasteiger partial charge in [-0.3, -0.25) is 9.59 Å². The number of aromatic nitrogens is 2. The highest BCUT2D eigenvalue weighted by molar-refractivity contribution is 6.03. The summed E-state index contributed by atoms with van der Waals surface area (Å²) in [5, 5.41) is 14.1. The number of amides is 2. The fourth-order valence-corrected chi connectivity index (χ4v) is 4.66. The first-order valence-electron chi connectivity index (χ1n) is 13.3. The zero-order chi connectivity index (χ0) is 27.4. The summed E-state index contributed by atoms with van der Waals surface area (Å²) < 4.78 is 1.66. The zero-order valence-corrected chi connectivity index (χ0v) is 22.3. The highest BCUT2D eigenvalue weighted by Gasteiger charge is 2.24. The van der Waals surface area contributed by atoms with Gasteiger partial charge < -0.3 is 21.7 Å². The van der Waals surface area contributed by atoms with Crippen LogP contribution in [0.4, 0.5) is 11.4 Å². The minimum Gasteiger partial charge on any atom is -0.326 e. The smallest absolute Gasteiger partial charge is 0.274 e. The normalized spacial score (nSPS) is 13.6. The lowest BCUT2D eigenvalue weighted by Gasteiger charge is -2.21. The number of carbonyl (C=O) groups is 2. The number of benzene rings is 3. The minimum absolute atomic E-state index is 0.0550.